The van der Waals surface area contributed by atoms with Crippen LogP contribution >= 0.6 is 15.6 Å². The number of esters is 4. The molecule has 0 aliphatic heterocycles. The van der Waals surface area contributed by atoms with Crippen LogP contribution in [0.1, 0.15) is 433 Å². The van der Waals surface area contributed by atoms with Gasteiger partial charge in [0.1, 0.15) is 19.3 Å². The molecule has 0 aromatic heterocycles. The van der Waals surface area contributed by atoms with Crippen molar-refractivity contribution in [2.45, 2.75) is 452 Å². The smallest absolute Gasteiger partial charge is 0.462 e. The first-order valence-corrected chi connectivity index (χ1v) is 46.9. The van der Waals surface area contributed by atoms with Gasteiger partial charge in [0, 0.05) is 25.7 Å². The average Bonchev–Trinajstić information content (AvgIpc) is 0.947. The summed E-state index contributed by atoms with van der Waals surface area (Å²) in [5.74, 6) is -0.488. The third-order valence-corrected chi connectivity index (χ3v) is 22.2. The molecule has 4 unspecified atom stereocenters. The van der Waals surface area contributed by atoms with Gasteiger partial charge >= 0.3 is 39.5 Å². The maximum absolute atomic E-state index is 13.1. The zero-order chi connectivity index (χ0) is 77.1. The first-order valence-electron chi connectivity index (χ1n) is 43.9. The number of aliphatic hydroxyl groups is 1. The van der Waals surface area contributed by atoms with Gasteiger partial charge < -0.3 is 33.8 Å². The molecule has 0 fully saturated rings. The fraction of sp³-hybridized carbons (Fsp3) is 0.907. The molecule has 7 atom stereocenters. The topological polar surface area (TPSA) is 237 Å². The molecular formula is C86H164O17P2. The summed E-state index contributed by atoms with van der Waals surface area (Å²) in [5, 5.41) is 10.7. The third kappa shape index (κ3) is 76.7. The number of rotatable bonds is 83. The number of unbranched alkanes of at least 4 members (excludes halogenated alkanes) is 48. The largest absolute Gasteiger partial charge is 0.472 e. The summed E-state index contributed by atoms with van der Waals surface area (Å²) in [7, 11) is -9.94. The molecule has 0 radical (unpaired) electrons. The highest BCUT2D eigenvalue weighted by Gasteiger charge is 2.30. The Bertz CT molecular complexity index is 2110. The Balaban J connectivity index is 5.27. The molecule has 0 bridgehead atoms. The number of aliphatic hydroxyl groups excluding tert-OH is 1. The zero-order valence-electron chi connectivity index (χ0n) is 68.5. The van der Waals surface area contributed by atoms with E-state index < -0.39 is 97.5 Å². The van der Waals surface area contributed by atoms with E-state index in [4.69, 9.17) is 37.0 Å². The van der Waals surface area contributed by atoms with Crippen molar-refractivity contribution in [3.63, 3.8) is 0 Å². The van der Waals surface area contributed by atoms with Gasteiger partial charge in [-0.1, -0.05) is 380 Å². The van der Waals surface area contributed by atoms with Crippen LogP contribution in [0.4, 0.5) is 0 Å². The van der Waals surface area contributed by atoms with Crippen LogP contribution < -0.4 is 0 Å². The molecule has 3 N–H and O–H groups in total. The van der Waals surface area contributed by atoms with E-state index in [1.807, 2.05) is 0 Å². The molecule has 0 rings (SSSR count). The van der Waals surface area contributed by atoms with Crippen molar-refractivity contribution in [2.24, 2.45) is 11.8 Å². The summed E-state index contributed by atoms with van der Waals surface area (Å²) in [6, 6.07) is 0. The third-order valence-electron chi connectivity index (χ3n) is 20.3. The van der Waals surface area contributed by atoms with Crippen molar-refractivity contribution >= 4 is 39.5 Å². The average molecular weight is 1530 g/mol. The number of carbonyl (C=O) groups excluding carboxylic acids is 4. The van der Waals surface area contributed by atoms with E-state index >= 15 is 0 Å². The molecule has 0 amide bonds. The number of allylic oxidation sites excluding steroid dienone is 4. The van der Waals surface area contributed by atoms with E-state index in [1.165, 1.54) is 238 Å². The molecule has 0 aliphatic rings. The van der Waals surface area contributed by atoms with E-state index in [0.29, 0.717) is 25.7 Å². The minimum Gasteiger partial charge on any atom is -0.462 e. The molecule has 0 aliphatic carbocycles. The lowest BCUT2D eigenvalue weighted by Crippen LogP contribution is -2.30. The predicted octanol–water partition coefficient (Wildman–Crippen LogP) is 25.8. The molecule has 0 aromatic rings. The summed E-state index contributed by atoms with van der Waals surface area (Å²) < 4.78 is 68.8. The molecule has 19 heteroatoms. The number of phosphoric ester groups is 2. The number of phosphoric acid groups is 2. The summed E-state index contributed by atoms with van der Waals surface area (Å²) in [4.78, 5) is 73.2. The Kier molecular flexibility index (Phi) is 75.1. The molecule has 105 heavy (non-hydrogen) atoms. The minimum absolute atomic E-state index is 0.0849. The van der Waals surface area contributed by atoms with E-state index in [0.717, 1.165) is 115 Å². The second kappa shape index (κ2) is 76.9. The monoisotopic (exact) mass is 1530 g/mol. The normalized spacial score (nSPS) is 14.5. The fourth-order valence-electron chi connectivity index (χ4n) is 12.8. The van der Waals surface area contributed by atoms with Gasteiger partial charge in [0.15, 0.2) is 12.2 Å². The second-order valence-electron chi connectivity index (χ2n) is 30.7. The number of carbonyl (C=O) groups is 4. The van der Waals surface area contributed by atoms with Gasteiger partial charge in [0.25, 0.3) is 0 Å². The Morgan fingerprint density at radius 3 is 0.810 bits per heavy atom. The maximum atomic E-state index is 13.1. The van der Waals surface area contributed by atoms with Crippen molar-refractivity contribution in [3.05, 3.63) is 24.3 Å². The zero-order valence-corrected chi connectivity index (χ0v) is 70.3. The number of ether oxygens (including phenoxy) is 4. The molecule has 0 heterocycles. The number of hydrogen-bond acceptors (Lipinski definition) is 15. The SMILES string of the molecule is CCCCCC/C=C\C=C/CCCCCCCC(=O)O[C@H](COC(=O)CCCCCCCCCCC(C)CC)COP(=O)(O)OC[C@H](O)COP(=O)(O)OC[C@@H](COC(=O)CCCCCCCCCCCCCCCCCC)OC(=O)CCCCCCCCCCCCCCCCCCCCC(C)CC. The minimum atomic E-state index is -4.97. The van der Waals surface area contributed by atoms with E-state index in [9.17, 15) is 43.2 Å². The van der Waals surface area contributed by atoms with Crippen LogP contribution in [0.2, 0.25) is 0 Å². The molecule has 620 valence electrons. The quantitative estimate of drug-likeness (QED) is 0.0169. The van der Waals surface area contributed by atoms with Crippen LogP contribution in [0, 0.1) is 11.8 Å². The van der Waals surface area contributed by atoms with Gasteiger partial charge in [-0.3, -0.25) is 37.3 Å². The first-order chi connectivity index (χ1) is 50.9. The number of hydrogen-bond donors (Lipinski definition) is 3. The Morgan fingerprint density at radius 2 is 0.533 bits per heavy atom. The first kappa shape index (κ1) is 103. The van der Waals surface area contributed by atoms with Gasteiger partial charge in [-0.2, -0.15) is 0 Å². The molecule has 0 aromatic carbocycles. The van der Waals surface area contributed by atoms with Crippen molar-refractivity contribution in [1.82, 2.24) is 0 Å². The summed E-state index contributed by atoms with van der Waals surface area (Å²) in [6.45, 7) is 9.67. The molecule has 17 nitrogen and oxygen atoms in total. The standard InChI is InChI=1S/C86H164O17P2/c1-7-11-13-15-17-19-21-23-25-32-35-39-43-50-56-62-68-83(88)96-74-81(102-85(90)71-65-59-53-45-41-37-33-29-27-26-28-31-34-38-42-48-54-60-66-78(5)9-3)76-100-104(92,93)98-72-80(87)73-99-105(94,95)101-77-82(75-97-84(89)69-63-57-51-47-46-49-55-61-67-79(6)10-4)103-86(91)70-64-58-52-44-40-36-30-24-22-20-18-16-14-12-8-2/h20,22,24,30,78-82,87H,7-19,21,23,25-29,31-77H2,1-6H3,(H,92,93)(H,94,95)/b22-20-,30-24-/t78?,79?,80-,81-,82-/m1/s1. The van der Waals surface area contributed by atoms with Crippen molar-refractivity contribution < 1.29 is 80.2 Å². The van der Waals surface area contributed by atoms with Crippen LogP contribution in [-0.4, -0.2) is 96.7 Å². The van der Waals surface area contributed by atoms with Gasteiger partial charge in [-0.05, 0) is 63.2 Å². The van der Waals surface area contributed by atoms with Crippen LogP contribution in [0.15, 0.2) is 24.3 Å². The highest BCUT2D eigenvalue weighted by Crippen LogP contribution is 2.45. The predicted molar refractivity (Wildman–Crippen MR) is 432 cm³/mol. The molecular weight excluding hydrogens is 1370 g/mol. The molecule has 0 saturated heterocycles. The Hall–Kier alpha value is -2.46. The summed E-state index contributed by atoms with van der Waals surface area (Å²) in [6.07, 6.45) is 71.5. The van der Waals surface area contributed by atoms with Crippen molar-refractivity contribution in [2.75, 3.05) is 39.6 Å². The molecule has 0 saturated carbocycles. The summed E-state index contributed by atoms with van der Waals surface area (Å²) in [5.41, 5.74) is 0. The fourth-order valence-corrected chi connectivity index (χ4v) is 14.4. The molecule has 0 spiro atoms. The van der Waals surface area contributed by atoms with Gasteiger partial charge in [-0.15, -0.1) is 0 Å². The van der Waals surface area contributed by atoms with Crippen molar-refractivity contribution in [1.29, 1.82) is 0 Å². The Morgan fingerprint density at radius 1 is 0.305 bits per heavy atom. The van der Waals surface area contributed by atoms with Gasteiger partial charge in [0.05, 0.1) is 26.4 Å². The van der Waals surface area contributed by atoms with E-state index in [1.54, 1.807) is 0 Å². The van der Waals surface area contributed by atoms with Crippen LogP contribution in [0.5, 0.6) is 0 Å². The van der Waals surface area contributed by atoms with Crippen LogP contribution in [0.25, 0.3) is 0 Å². The lowest BCUT2D eigenvalue weighted by Gasteiger charge is -2.21. The van der Waals surface area contributed by atoms with Gasteiger partial charge in [0.2, 0.25) is 0 Å². The lowest BCUT2D eigenvalue weighted by atomic mass is 9.99. The summed E-state index contributed by atoms with van der Waals surface area (Å²) >= 11 is 0. The van der Waals surface area contributed by atoms with Gasteiger partial charge in [-0.25, -0.2) is 9.13 Å². The van der Waals surface area contributed by atoms with E-state index in [2.05, 4.69) is 65.8 Å². The Labute approximate surface area is 643 Å². The van der Waals surface area contributed by atoms with Crippen LogP contribution in [-0.2, 0) is 65.4 Å². The van der Waals surface area contributed by atoms with E-state index in [-0.39, 0.29) is 25.7 Å². The van der Waals surface area contributed by atoms with Crippen LogP contribution in [0.3, 0.4) is 0 Å². The second-order valence-corrected chi connectivity index (χ2v) is 33.6. The highest BCUT2D eigenvalue weighted by molar-refractivity contribution is 7.47. The highest BCUT2D eigenvalue weighted by atomic mass is 31.2. The van der Waals surface area contributed by atoms with Crippen molar-refractivity contribution in [3.8, 4) is 0 Å². The lowest BCUT2D eigenvalue weighted by molar-refractivity contribution is -0.161. The maximum Gasteiger partial charge on any atom is 0.472 e.